The van der Waals surface area contributed by atoms with Gasteiger partial charge in [0.1, 0.15) is 0 Å². The van der Waals surface area contributed by atoms with Crippen LogP contribution in [0.4, 0.5) is 0 Å². The molecule has 0 aliphatic heterocycles. The SMILES string of the molecule is CC1CCCC(NS(=O)(=O)c2cccc(S(=O)(=O)Cl)c2)C1. The fourth-order valence-corrected chi connectivity index (χ4v) is 4.82. The molecule has 1 aliphatic carbocycles. The summed E-state index contributed by atoms with van der Waals surface area (Å²) in [5.41, 5.74) is 0. The van der Waals surface area contributed by atoms with Crippen LogP contribution in [-0.2, 0) is 19.1 Å². The standard InChI is InChI=1S/C13H18ClNO4S2/c1-10-4-2-5-11(8-10)15-21(18,19)13-7-3-6-12(9-13)20(14,16)17/h3,6-7,9-11,15H,2,4-5,8H2,1H3. The molecule has 1 fully saturated rings. The summed E-state index contributed by atoms with van der Waals surface area (Å²) in [6.45, 7) is 2.10. The van der Waals surface area contributed by atoms with Gasteiger partial charge in [0.25, 0.3) is 9.05 Å². The van der Waals surface area contributed by atoms with Crippen molar-refractivity contribution in [1.29, 1.82) is 0 Å². The molecule has 21 heavy (non-hydrogen) atoms. The molecular weight excluding hydrogens is 334 g/mol. The fourth-order valence-electron chi connectivity index (χ4n) is 2.62. The van der Waals surface area contributed by atoms with Crippen LogP contribution in [0.1, 0.15) is 32.6 Å². The molecule has 0 saturated heterocycles. The quantitative estimate of drug-likeness (QED) is 0.845. The Hall–Kier alpha value is -0.630. The van der Waals surface area contributed by atoms with Crippen molar-refractivity contribution in [3.63, 3.8) is 0 Å². The van der Waals surface area contributed by atoms with Crippen molar-refractivity contribution in [2.45, 2.75) is 48.4 Å². The van der Waals surface area contributed by atoms with Crippen LogP contribution < -0.4 is 4.72 Å². The molecule has 0 bridgehead atoms. The van der Waals surface area contributed by atoms with Gasteiger partial charge in [-0.3, -0.25) is 0 Å². The smallest absolute Gasteiger partial charge is 0.208 e. The maximum Gasteiger partial charge on any atom is 0.261 e. The lowest BCUT2D eigenvalue weighted by Crippen LogP contribution is -2.37. The predicted molar refractivity (Wildman–Crippen MR) is 81.2 cm³/mol. The number of nitrogens with one attached hydrogen (secondary N) is 1. The minimum absolute atomic E-state index is 0.0811. The molecule has 0 radical (unpaired) electrons. The summed E-state index contributed by atoms with van der Waals surface area (Å²) in [5.74, 6) is 0.487. The van der Waals surface area contributed by atoms with Gasteiger partial charge in [0, 0.05) is 16.7 Å². The molecular formula is C13H18ClNO4S2. The highest BCUT2D eigenvalue weighted by atomic mass is 35.7. The molecule has 0 heterocycles. The van der Waals surface area contributed by atoms with Crippen LogP contribution in [0.2, 0.25) is 0 Å². The van der Waals surface area contributed by atoms with Crippen LogP contribution in [-0.4, -0.2) is 22.9 Å². The van der Waals surface area contributed by atoms with Gasteiger partial charge >= 0.3 is 0 Å². The molecule has 0 amide bonds. The number of hydrogen-bond acceptors (Lipinski definition) is 4. The number of halogens is 1. The van der Waals surface area contributed by atoms with Crippen LogP contribution in [0.5, 0.6) is 0 Å². The Kier molecular flexibility index (Phi) is 4.97. The average molecular weight is 352 g/mol. The highest BCUT2D eigenvalue weighted by Gasteiger charge is 2.25. The Labute approximate surface area is 130 Å². The van der Waals surface area contributed by atoms with Gasteiger partial charge in [-0.2, -0.15) is 0 Å². The largest absolute Gasteiger partial charge is 0.261 e. The van der Waals surface area contributed by atoms with Crippen molar-refractivity contribution in [3.05, 3.63) is 24.3 Å². The van der Waals surface area contributed by atoms with E-state index in [4.69, 9.17) is 10.7 Å². The highest BCUT2D eigenvalue weighted by molar-refractivity contribution is 8.13. The molecule has 1 saturated carbocycles. The predicted octanol–water partition coefficient (Wildman–Crippen LogP) is 2.47. The van der Waals surface area contributed by atoms with Crippen LogP contribution >= 0.6 is 10.7 Å². The zero-order valence-corrected chi connectivity index (χ0v) is 14.0. The third-order valence-electron chi connectivity index (χ3n) is 3.66. The molecule has 0 spiro atoms. The lowest BCUT2D eigenvalue weighted by atomic mass is 9.88. The Morgan fingerprint density at radius 2 is 1.81 bits per heavy atom. The molecule has 8 heteroatoms. The summed E-state index contributed by atoms with van der Waals surface area (Å²) in [4.78, 5) is -0.300. The maximum absolute atomic E-state index is 12.3. The topological polar surface area (TPSA) is 80.3 Å². The third kappa shape index (κ3) is 4.42. The first-order chi connectivity index (χ1) is 9.68. The molecule has 118 valence electrons. The molecule has 1 aromatic carbocycles. The Morgan fingerprint density at radius 1 is 1.14 bits per heavy atom. The molecule has 2 atom stereocenters. The first-order valence-corrected chi connectivity index (χ1v) is 10.5. The van der Waals surface area contributed by atoms with E-state index in [9.17, 15) is 16.8 Å². The minimum Gasteiger partial charge on any atom is -0.208 e. The van der Waals surface area contributed by atoms with Crippen molar-refractivity contribution in [1.82, 2.24) is 4.72 Å². The highest BCUT2D eigenvalue weighted by Crippen LogP contribution is 2.25. The number of benzene rings is 1. The first kappa shape index (κ1) is 16.7. The molecule has 2 unspecified atom stereocenters. The van der Waals surface area contributed by atoms with Crippen molar-refractivity contribution in [2.75, 3.05) is 0 Å². The molecule has 0 aromatic heterocycles. The second-order valence-corrected chi connectivity index (χ2v) is 9.78. The van der Waals surface area contributed by atoms with Crippen molar-refractivity contribution >= 4 is 29.8 Å². The van der Waals surface area contributed by atoms with E-state index >= 15 is 0 Å². The summed E-state index contributed by atoms with van der Waals surface area (Å²) in [7, 11) is -2.44. The van der Waals surface area contributed by atoms with Gasteiger partial charge < -0.3 is 0 Å². The molecule has 1 N–H and O–H groups in total. The van der Waals surface area contributed by atoms with Crippen LogP contribution in [0, 0.1) is 5.92 Å². The van der Waals surface area contributed by atoms with E-state index in [-0.39, 0.29) is 15.8 Å². The Bertz CT molecular complexity index is 715. The summed E-state index contributed by atoms with van der Waals surface area (Å²) < 4.78 is 49.9. The summed E-state index contributed by atoms with van der Waals surface area (Å²) >= 11 is 0. The Morgan fingerprint density at radius 3 is 2.43 bits per heavy atom. The van der Waals surface area contributed by atoms with E-state index in [0.29, 0.717) is 5.92 Å². The lowest BCUT2D eigenvalue weighted by Gasteiger charge is -2.27. The van der Waals surface area contributed by atoms with Gasteiger partial charge in [-0.25, -0.2) is 21.6 Å². The zero-order valence-electron chi connectivity index (χ0n) is 11.6. The molecule has 1 aromatic rings. The van der Waals surface area contributed by atoms with E-state index in [1.165, 1.54) is 18.2 Å². The zero-order chi connectivity index (χ0) is 15.7. The number of sulfonamides is 1. The Balaban J connectivity index is 2.23. The van der Waals surface area contributed by atoms with Crippen LogP contribution in [0.15, 0.2) is 34.1 Å². The van der Waals surface area contributed by atoms with E-state index in [2.05, 4.69) is 11.6 Å². The van der Waals surface area contributed by atoms with Gasteiger partial charge in [-0.1, -0.05) is 25.8 Å². The van der Waals surface area contributed by atoms with Gasteiger partial charge in [-0.15, -0.1) is 0 Å². The van der Waals surface area contributed by atoms with Crippen molar-refractivity contribution in [2.24, 2.45) is 5.92 Å². The molecule has 2 rings (SSSR count). The first-order valence-electron chi connectivity index (χ1n) is 6.75. The average Bonchev–Trinajstić information content (AvgIpc) is 2.37. The number of rotatable bonds is 4. The van der Waals surface area contributed by atoms with Gasteiger partial charge in [0.05, 0.1) is 9.79 Å². The van der Waals surface area contributed by atoms with E-state index in [0.717, 1.165) is 31.7 Å². The monoisotopic (exact) mass is 351 g/mol. The molecule has 5 nitrogen and oxygen atoms in total. The number of hydrogen-bond donors (Lipinski definition) is 1. The second-order valence-electron chi connectivity index (χ2n) is 5.50. The van der Waals surface area contributed by atoms with Gasteiger partial charge in [0.2, 0.25) is 10.0 Å². The normalized spacial score (nSPS) is 23.9. The fraction of sp³-hybridized carbons (Fsp3) is 0.538. The van der Waals surface area contributed by atoms with E-state index in [1.807, 2.05) is 0 Å². The van der Waals surface area contributed by atoms with Crippen LogP contribution in [0.3, 0.4) is 0 Å². The van der Waals surface area contributed by atoms with E-state index < -0.39 is 19.1 Å². The van der Waals surface area contributed by atoms with Crippen molar-refractivity contribution < 1.29 is 16.8 Å². The third-order valence-corrected chi connectivity index (χ3v) is 6.53. The summed E-state index contributed by atoms with van der Waals surface area (Å²) in [5, 5.41) is 0. The molecule has 1 aliphatic rings. The maximum atomic E-state index is 12.3. The summed E-state index contributed by atoms with van der Waals surface area (Å²) in [6.07, 6.45) is 3.70. The van der Waals surface area contributed by atoms with Crippen molar-refractivity contribution in [3.8, 4) is 0 Å². The lowest BCUT2D eigenvalue weighted by molar-refractivity contribution is 0.327. The van der Waals surface area contributed by atoms with E-state index in [1.54, 1.807) is 0 Å². The van der Waals surface area contributed by atoms with Gasteiger partial charge in [-0.05, 0) is 37.0 Å². The van der Waals surface area contributed by atoms with Gasteiger partial charge in [0.15, 0.2) is 0 Å². The van der Waals surface area contributed by atoms with Crippen LogP contribution in [0.25, 0.3) is 0 Å². The summed E-state index contributed by atoms with van der Waals surface area (Å²) in [6, 6.07) is 4.98. The minimum atomic E-state index is -3.95. The second kappa shape index (κ2) is 6.24.